The van der Waals surface area contributed by atoms with E-state index in [1.54, 1.807) is 17.5 Å². The van der Waals surface area contributed by atoms with E-state index >= 15 is 0 Å². The molecule has 152 valence electrons. The predicted molar refractivity (Wildman–Crippen MR) is 114 cm³/mol. The van der Waals surface area contributed by atoms with E-state index in [1.165, 1.54) is 19.3 Å². The lowest BCUT2D eigenvalue weighted by atomic mass is 10.0. The minimum absolute atomic E-state index is 0.00668. The number of nitrogens with zero attached hydrogens (tertiary/aromatic N) is 4. The predicted octanol–water partition coefficient (Wildman–Crippen LogP) is 3.21. The van der Waals surface area contributed by atoms with Gasteiger partial charge in [0.05, 0.1) is 16.9 Å². The van der Waals surface area contributed by atoms with Crippen molar-refractivity contribution in [3.05, 3.63) is 46.8 Å². The first-order valence-corrected chi connectivity index (χ1v) is 10.2. The van der Waals surface area contributed by atoms with E-state index in [0.29, 0.717) is 29.5 Å². The lowest BCUT2D eigenvalue weighted by Gasteiger charge is -2.25. The Bertz CT molecular complexity index is 1030. The number of aliphatic imine (C=N–C) groups is 1. The molecule has 1 saturated heterocycles. The smallest absolute Gasteiger partial charge is 0.260 e. The van der Waals surface area contributed by atoms with Crippen molar-refractivity contribution >= 4 is 34.3 Å². The van der Waals surface area contributed by atoms with Crippen LogP contribution in [-0.4, -0.2) is 52.3 Å². The van der Waals surface area contributed by atoms with Crippen molar-refractivity contribution < 1.29 is 9.53 Å². The number of Topliss-reactive ketones (excluding diaryl/α,β-unsaturated/α-hetero) is 1. The second-order valence-corrected chi connectivity index (χ2v) is 7.69. The lowest BCUT2D eigenvalue weighted by molar-refractivity contribution is -0.111. The van der Waals surface area contributed by atoms with Gasteiger partial charge in [0, 0.05) is 18.3 Å². The molecule has 0 amide bonds. The van der Waals surface area contributed by atoms with Crippen LogP contribution in [0.1, 0.15) is 26.2 Å². The number of carbonyl (C=O) groups is 1. The number of carbonyl (C=O) groups excluding carboxylic acids is 1. The third-order valence-corrected chi connectivity index (χ3v) is 5.61. The van der Waals surface area contributed by atoms with E-state index in [0.717, 1.165) is 25.2 Å². The normalized spacial score (nSPS) is 19.9. The molecule has 1 aliphatic heterocycles. The van der Waals surface area contributed by atoms with Crippen LogP contribution >= 0.6 is 11.6 Å². The molecule has 0 saturated carbocycles. The van der Waals surface area contributed by atoms with Crippen LogP contribution in [0.25, 0.3) is 5.52 Å². The molecule has 0 aromatic carbocycles. The number of halogens is 1. The maximum absolute atomic E-state index is 12.0. The van der Waals surface area contributed by atoms with Gasteiger partial charge in [0.1, 0.15) is 11.6 Å². The molecule has 8 heteroatoms. The van der Waals surface area contributed by atoms with Crippen LogP contribution in [0, 0.1) is 0 Å². The van der Waals surface area contributed by atoms with Gasteiger partial charge >= 0.3 is 0 Å². The van der Waals surface area contributed by atoms with Crippen molar-refractivity contribution in [3.8, 4) is 5.88 Å². The second-order valence-electron chi connectivity index (χ2n) is 7.32. The summed E-state index contributed by atoms with van der Waals surface area (Å²) in [7, 11) is 0. The third kappa shape index (κ3) is 4.06. The average molecular weight is 414 g/mol. The fourth-order valence-corrected chi connectivity index (χ4v) is 3.84. The zero-order valence-electron chi connectivity index (χ0n) is 16.4. The Labute approximate surface area is 174 Å². The number of fused-ring (bicyclic) bond motifs is 1. The van der Waals surface area contributed by atoms with E-state index in [2.05, 4.69) is 15.0 Å². The van der Waals surface area contributed by atoms with E-state index in [-0.39, 0.29) is 16.5 Å². The molecule has 0 spiro atoms. The van der Waals surface area contributed by atoms with Gasteiger partial charge < -0.3 is 10.5 Å². The Morgan fingerprint density at radius 3 is 2.86 bits per heavy atom. The molecule has 29 heavy (non-hydrogen) atoms. The Hall–Kier alpha value is -2.64. The topological polar surface area (TPSA) is 85.2 Å². The molecule has 2 N–H and O–H groups in total. The van der Waals surface area contributed by atoms with Gasteiger partial charge in [0.2, 0.25) is 5.78 Å². The number of ketones is 1. The Morgan fingerprint density at radius 1 is 1.28 bits per heavy atom. The van der Waals surface area contributed by atoms with Crippen LogP contribution in [-0.2, 0) is 4.79 Å². The molecule has 0 radical (unpaired) electrons. The van der Waals surface area contributed by atoms with Gasteiger partial charge in [-0.3, -0.25) is 9.69 Å². The number of nitrogens with two attached hydrogens (primary N) is 1. The number of allylic oxidation sites excluding steroid dienone is 3. The highest BCUT2D eigenvalue weighted by Crippen LogP contribution is 2.33. The Balaban J connectivity index is 1.64. The highest BCUT2D eigenvalue weighted by molar-refractivity contribution is 6.49. The van der Waals surface area contributed by atoms with Crippen LogP contribution in [0.5, 0.6) is 5.88 Å². The zero-order chi connectivity index (χ0) is 20.4. The largest absolute Gasteiger partial charge is 0.474 e. The molecule has 1 aliphatic carbocycles. The molecule has 0 unspecified atom stereocenters. The van der Waals surface area contributed by atoms with Crippen molar-refractivity contribution in [2.45, 2.75) is 26.2 Å². The van der Waals surface area contributed by atoms with E-state index in [4.69, 9.17) is 22.1 Å². The van der Waals surface area contributed by atoms with E-state index < -0.39 is 0 Å². The summed E-state index contributed by atoms with van der Waals surface area (Å²) in [6.07, 6.45) is 7.27. The Morgan fingerprint density at radius 2 is 2.07 bits per heavy atom. The maximum atomic E-state index is 12.0. The number of pyridine rings is 1. The highest BCUT2D eigenvalue weighted by atomic mass is 35.5. The molecule has 7 nitrogen and oxygen atoms in total. The van der Waals surface area contributed by atoms with Crippen LogP contribution in [0.3, 0.4) is 0 Å². The highest BCUT2D eigenvalue weighted by Gasteiger charge is 2.23. The third-order valence-electron chi connectivity index (χ3n) is 5.23. The first-order valence-electron chi connectivity index (χ1n) is 9.84. The number of likely N-dealkylation sites (tertiary alicyclic amines) is 1. The number of rotatable bonds is 5. The van der Waals surface area contributed by atoms with Crippen LogP contribution in [0.15, 0.2) is 51.8 Å². The van der Waals surface area contributed by atoms with Gasteiger partial charge in [-0.05, 0) is 51.1 Å². The summed E-state index contributed by atoms with van der Waals surface area (Å²) in [6, 6.07) is 5.72. The molecular formula is C21H24ClN5O2. The molecule has 0 bridgehead atoms. The number of aromatic nitrogens is 2. The minimum atomic E-state index is -0.277. The van der Waals surface area contributed by atoms with Crippen molar-refractivity contribution in [1.29, 1.82) is 0 Å². The van der Waals surface area contributed by atoms with Gasteiger partial charge in [0.15, 0.2) is 5.69 Å². The first-order chi connectivity index (χ1) is 14.0. The maximum Gasteiger partial charge on any atom is 0.260 e. The minimum Gasteiger partial charge on any atom is -0.474 e. The summed E-state index contributed by atoms with van der Waals surface area (Å²) in [5.41, 5.74) is 8.52. The summed E-state index contributed by atoms with van der Waals surface area (Å²) in [4.78, 5) is 19.1. The molecule has 0 atom stereocenters. The van der Waals surface area contributed by atoms with Crippen molar-refractivity contribution in [2.24, 2.45) is 10.7 Å². The summed E-state index contributed by atoms with van der Waals surface area (Å²) < 4.78 is 7.74. The van der Waals surface area contributed by atoms with Crippen molar-refractivity contribution in [3.63, 3.8) is 0 Å². The van der Waals surface area contributed by atoms with Gasteiger partial charge in [0.25, 0.3) is 5.88 Å². The van der Waals surface area contributed by atoms with E-state index in [9.17, 15) is 4.79 Å². The summed E-state index contributed by atoms with van der Waals surface area (Å²) in [5.74, 6) is 0.161. The summed E-state index contributed by atoms with van der Waals surface area (Å²) >= 11 is 6.10. The number of piperidine rings is 1. The molecule has 4 rings (SSSR count). The standard InChI is InChI=1S/C21H24ClN5O2/c1-14-13-15(18(23)17(22)20(14)28)24-19-16-7-3-6-10-27(16)25-21(19)29-12-11-26-8-4-2-5-9-26/h3,6-7,10,13H,2,4-5,8-9,11-12,23H2,1H3. The van der Waals surface area contributed by atoms with Crippen molar-refractivity contribution in [1.82, 2.24) is 14.5 Å². The lowest BCUT2D eigenvalue weighted by Crippen LogP contribution is -2.33. The molecule has 2 aromatic heterocycles. The SMILES string of the molecule is CC1=CC(=Nc2c(OCCN3CCCCC3)nn3ccccc23)C(N)=C(Cl)C1=O. The molecule has 1 fully saturated rings. The first kappa shape index (κ1) is 19.7. The summed E-state index contributed by atoms with van der Waals surface area (Å²) in [5, 5.41) is 4.52. The van der Waals surface area contributed by atoms with Gasteiger partial charge in [-0.25, -0.2) is 9.51 Å². The number of hydrogen-bond acceptors (Lipinski definition) is 6. The average Bonchev–Trinajstić information content (AvgIpc) is 3.08. The number of hydrogen-bond donors (Lipinski definition) is 1. The zero-order valence-corrected chi connectivity index (χ0v) is 17.2. The van der Waals surface area contributed by atoms with Crippen LogP contribution < -0.4 is 10.5 Å². The molecule has 2 aromatic rings. The Kier molecular flexibility index (Phi) is 5.69. The van der Waals surface area contributed by atoms with Crippen molar-refractivity contribution in [2.75, 3.05) is 26.2 Å². The molecular weight excluding hydrogens is 390 g/mol. The quantitative estimate of drug-likeness (QED) is 0.761. The van der Waals surface area contributed by atoms with Gasteiger partial charge in [-0.2, -0.15) is 0 Å². The van der Waals surface area contributed by atoms with E-state index in [1.807, 2.05) is 24.4 Å². The molecule has 3 heterocycles. The summed E-state index contributed by atoms with van der Waals surface area (Å²) in [6.45, 7) is 5.30. The van der Waals surface area contributed by atoms with Gasteiger partial charge in [-0.15, -0.1) is 5.10 Å². The fourth-order valence-electron chi connectivity index (χ4n) is 3.59. The molecule has 2 aliphatic rings. The number of ether oxygens (including phenoxy) is 1. The van der Waals surface area contributed by atoms with Crippen LogP contribution in [0.2, 0.25) is 0 Å². The second kappa shape index (κ2) is 8.39. The fraction of sp³-hybridized carbons (Fsp3) is 0.381. The van der Waals surface area contributed by atoms with Gasteiger partial charge in [-0.1, -0.05) is 24.1 Å². The monoisotopic (exact) mass is 413 g/mol. The van der Waals surface area contributed by atoms with Crippen LogP contribution in [0.4, 0.5) is 5.69 Å².